The third kappa shape index (κ3) is 4.14. The molecule has 1 aromatic rings. The maximum atomic E-state index is 13.9. The number of ether oxygens (including phenoxy) is 1. The zero-order valence-electron chi connectivity index (χ0n) is 11.1. The van der Waals surface area contributed by atoms with E-state index in [-0.39, 0.29) is 5.82 Å². The molecule has 1 fully saturated rings. The quantitative estimate of drug-likeness (QED) is 0.780. The zero-order chi connectivity index (χ0) is 13.8. The lowest BCUT2D eigenvalue weighted by atomic mass is 10.2. The van der Waals surface area contributed by atoms with Crippen molar-refractivity contribution in [3.63, 3.8) is 0 Å². The number of rotatable bonds is 7. The minimum absolute atomic E-state index is 0.222. The second-order valence-corrected chi connectivity index (χ2v) is 5.40. The molecule has 0 amide bonds. The van der Waals surface area contributed by atoms with Gasteiger partial charge in [-0.15, -0.1) is 0 Å². The van der Waals surface area contributed by atoms with Gasteiger partial charge in [-0.05, 0) is 18.9 Å². The number of benzene rings is 1. The minimum Gasteiger partial charge on any atom is -0.497 e. The van der Waals surface area contributed by atoms with Crippen LogP contribution in [0.25, 0.3) is 0 Å². The lowest BCUT2D eigenvalue weighted by Crippen LogP contribution is -2.29. The first-order valence-electron chi connectivity index (χ1n) is 6.45. The molecule has 0 unspecified atom stereocenters. The molecule has 0 spiro atoms. The molecule has 1 aliphatic rings. The first-order valence-corrected chi connectivity index (χ1v) is 6.85. The summed E-state index contributed by atoms with van der Waals surface area (Å²) in [6.45, 7) is 1.40. The number of nitrogens with zero attached hydrogens (tertiary/aromatic N) is 1. The van der Waals surface area contributed by atoms with Crippen molar-refractivity contribution >= 4 is 17.2 Å². The molecular formula is C14H19FN2OS. The van der Waals surface area contributed by atoms with Gasteiger partial charge < -0.3 is 10.5 Å². The van der Waals surface area contributed by atoms with Crippen LogP contribution in [0.2, 0.25) is 0 Å². The van der Waals surface area contributed by atoms with Crippen LogP contribution in [0.1, 0.15) is 24.8 Å². The van der Waals surface area contributed by atoms with Crippen molar-refractivity contribution in [2.24, 2.45) is 5.73 Å². The third-order valence-corrected chi connectivity index (χ3v) is 3.55. The number of methoxy groups -OCH3 is 1. The Hall–Kier alpha value is -1.20. The fourth-order valence-corrected chi connectivity index (χ4v) is 2.18. The van der Waals surface area contributed by atoms with Gasteiger partial charge in [-0.3, -0.25) is 4.90 Å². The van der Waals surface area contributed by atoms with Crippen LogP contribution in [0.5, 0.6) is 5.75 Å². The van der Waals surface area contributed by atoms with Crippen LogP contribution in [-0.2, 0) is 6.54 Å². The monoisotopic (exact) mass is 282 g/mol. The summed E-state index contributed by atoms with van der Waals surface area (Å²) in [5.74, 6) is 0.322. The first-order chi connectivity index (χ1) is 9.10. The Bertz CT molecular complexity index is 463. The normalized spacial score (nSPS) is 14.7. The molecule has 19 heavy (non-hydrogen) atoms. The molecule has 104 valence electrons. The Labute approximate surface area is 118 Å². The Morgan fingerprint density at radius 1 is 1.53 bits per heavy atom. The summed E-state index contributed by atoms with van der Waals surface area (Å²) in [5, 5.41) is 0. The zero-order valence-corrected chi connectivity index (χ0v) is 11.9. The van der Waals surface area contributed by atoms with E-state index in [0.717, 1.165) is 6.54 Å². The van der Waals surface area contributed by atoms with E-state index in [0.29, 0.717) is 35.3 Å². The van der Waals surface area contributed by atoms with Crippen molar-refractivity contribution in [1.29, 1.82) is 0 Å². The van der Waals surface area contributed by atoms with Crippen molar-refractivity contribution in [2.75, 3.05) is 13.7 Å². The molecule has 0 bridgehead atoms. The Balaban J connectivity index is 2.02. The van der Waals surface area contributed by atoms with Crippen molar-refractivity contribution in [2.45, 2.75) is 31.8 Å². The Morgan fingerprint density at radius 2 is 2.26 bits per heavy atom. The standard InChI is InChI=1S/C14H19FN2OS/c1-18-12-5-2-10(13(15)8-12)9-17(11-3-4-11)7-6-14(16)19/h2,5,8,11H,3-4,6-7,9H2,1H3,(H2,16,19). The topological polar surface area (TPSA) is 38.5 Å². The summed E-state index contributed by atoms with van der Waals surface area (Å²) in [6.07, 6.45) is 3.04. The molecule has 2 rings (SSSR count). The molecule has 0 radical (unpaired) electrons. The minimum atomic E-state index is -0.222. The molecule has 0 atom stereocenters. The SMILES string of the molecule is COc1ccc(CN(CCC(N)=S)C2CC2)c(F)c1. The molecule has 0 heterocycles. The van der Waals surface area contributed by atoms with Gasteiger partial charge in [-0.25, -0.2) is 4.39 Å². The van der Waals surface area contributed by atoms with Crippen molar-refractivity contribution in [3.8, 4) is 5.75 Å². The maximum Gasteiger partial charge on any atom is 0.131 e. The highest BCUT2D eigenvalue weighted by molar-refractivity contribution is 7.80. The molecule has 0 aliphatic heterocycles. The molecule has 1 aromatic carbocycles. The van der Waals surface area contributed by atoms with E-state index in [1.807, 2.05) is 0 Å². The highest BCUT2D eigenvalue weighted by Gasteiger charge is 2.29. The fraction of sp³-hybridized carbons (Fsp3) is 0.500. The molecule has 5 heteroatoms. The molecule has 2 N–H and O–H groups in total. The van der Waals surface area contributed by atoms with Gasteiger partial charge in [0.15, 0.2) is 0 Å². The smallest absolute Gasteiger partial charge is 0.131 e. The summed E-state index contributed by atoms with van der Waals surface area (Å²) in [4.78, 5) is 2.77. The Morgan fingerprint density at radius 3 is 2.79 bits per heavy atom. The van der Waals surface area contributed by atoms with Crippen LogP contribution in [0, 0.1) is 5.82 Å². The van der Waals surface area contributed by atoms with Gasteiger partial charge in [0, 0.05) is 37.2 Å². The summed E-state index contributed by atoms with van der Waals surface area (Å²) < 4.78 is 18.9. The van der Waals surface area contributed by atoms with E-state index < -0.39 is 0 Å². The summed E-state index contributed by atoms with van der Waals surface area (Å²) in [6, 6.07) is 5.55. The van der Waals surface area contributed by atoms with Crippen LogP contribution < -0.4 is 10.5 Å². The maximum absolute atomic E-state index is 13.9. The highest BCUT2D eigenvalue weighted by Crippen LogP contribution is 2.29. The van der Waals surface area contributed by atoms with Crippen LogP contribution >= 0.6 is 12.2 Å². The van der Waals surface area contributed by atoms with E-state index >= 15 is 0 Å². The molecular weight excluding hydrogens is 263 g/mol. The number of thiocarbonyl (C=S) groups is 1. The number of hydrogen-bond donors (Lipinski definition) is 1. The fourth-order valence-electron chi connectivity index (χ4n) is 2.09. The van der Waals surface area contributed by atoms with Gasteiger partial charge in [-0.2, -0.15) is 0 Å². The van der Waals surface area contributed by atoms with Crippen LogP contribution in [0.3, 0.4) is 0 Å². The van der Waals surface area contributed by atoms with E-state index in [1.165, 1.54) is 26.0 Å². The number of halogens is 1. The number of nitrogens with two attached hydrogens (primary N) is 1. The summed E-state index contributed by atoms with van der Waals surface area (Å²) >= 11 is 4.90. The Kier molecular flexibility index (Phi) is 4.71. The summed E-state index contributed by atoms with van der Waals surface area (Å²) in [7, 11) is 1.53. The second kappa shape index (κ2) is 6.30. The van der Waals surface area contributed by atoms with Gasteiger partial charge in [0.25, 0.3) is 0 Å². The van der Waals surface area contributed by atoms with Crippen molar-refractivity contribution in [1.82, 2.24) is 4.90 Å². The molecule has 1 saturated carbocycles. The van der Waals surface area contributed by atoms with Gasteiger partial charge in [0.2, 0.25) is 0 Å². The lowest BCUT2D eigenvalue weighted by molar-refractivity contribution is 0.258. The lowest BCUT2D eigenvalue weighted by Gasteiger charge is -2.22. The van der Waals surface area contributed by atoms with Crippen molar-refractivity contribution in [3.05, 3.63) is 29.6 Å². The molecule has 3 nitrogen and oxygen atoms in total. The van der Waals surface area contributed by atoms with Crippen LogP contribution in [0.15, 0.2) is 18.2 Å². The predicted molar refractivity (Wildman–Crippen MR) is 77.8 cm³/mol. The van der Waals surface area contributed by atoms with Gasteiger partial charge >= 0.3 is 0 Å². The van der Waals surface area contributed by atoms with E-state index in [2.05, 4.69) is 4.90 Å². The second-order valence-electron chi connectivity index (χ2n) is 4.88. The highest BCUT2D eigenvalue weighted by atomic mass is 32.1. The first kappa shape index (κ1) is 14.2. The third-order valence-electron chi connectivity index (χ3n) is 3.34. The molecule has 1 aliphatic carbocycles. The van der Waals surface area contributed by atoms with Gasteiger partial charge in [0.05, 0.1) is 12.1 Å². The van der Waals surface area contributed by atoms with Crippen LogP contribution in [0.4, 0.5) is 4.39 Å². The average molecular weight is 282 g/mol. The average Bonchev–Trinajstić information content (AvgIpc) is 3.20. The summed E-state index contributed by atoms with van der Waals surface area (Å²) in [5.41, 5.74) is 6.23. The van der Waals surface area contributed by atoms with Gasteiger partial charge in [0.1, 0.15) is 11.6 Å². The molecule has 0 saturated heterocycles. The van der Waals surface area contributed by atoms with E-state index in [1.54, 1.807) is 12.1 Å². The predicted octanol–water partition coefficient (Wildman–Crippen LogP) is 2.47. The largest absolute Gasteiger partial charge is 0.497 e. The van der Waals surface area contributed by atoms with Crippen LogP contribution in [-0.4, -0.2) is 29.6 Å². The number of hydrogen-bond acceptors (Lipinski definition) is 3. The van der Waals surface area contributed by atoms with Crippen molar-refractivity contribution < 1.29 is 9.13 Å². The molecule has 0 aromatic heterocycles. The van der Waals surface area contributed by atoms with E-state index in [9.17, 15) is 4.39 Å². The van der Waals surface area contributed by atoms with Gasteiger partial charge in [-0.1, -0.05) is 18.3 Å². The van der Waals surface area contributed by atoms with E-state index in [4.69, 9.17) is 22.7 Å².